The Hall–Kier alpha value is -1.32. The van der Waals surface area contributed by atoms with Gasteiger partial charge in [0, 0.05) is 6.04 Å². The van der Waals surface area contributed by atoms with Crippen molar-refractivity contribution in [3.63, 3.8) is 0 Å². The zero-order chi connectivity index (χ0) is 15.4. The SMILES string of the molecule is CCCCCCC(C)NC(=O)C1C2C=CC(C2)C1C(=O)O. The second kappa shape index (κ2) is 7.10. The molecule has 4 nitrogen and oxygen atoms in total. The van der Waals surface area contributed by atoms with Gasteiger partial charge in [0.25, 0.3) is 0 Å². The van der Waals surface area contributed by atoms with E-state index in [-0.39, 0.29) is 29.7 Å². The molecule has 1 amide bonds. The Kier molecular flexibility index (Phi) is 5.43. The number of fused-ring (bicyclic) bond motifs is 2. The Morgan fingerprint density at radius 3 is 2.48 bits per heavy atom. The van der Waals surface area contributed by atoms with Crippen molar-refractivity contribution in [1.82, 2.24) is 5.32 Å². The van der Waals surface area contributed by atoms with Crippen molar-refractivity contribution in [3.8, 4) is 0 Å². The number of carbonyl (C=O) groups is 2. The number of nitrogens with one attached hydrogen (secondary N) is 1. The van der Waals surface area contributed by atoms with Crippen molar-refractivity contribution in [2.45, 2.75) is 58.4 Å². The van der Waals surface area contributed by atoms with E-state index in [0.29, 0.717) is 0 Å². The summed E-state index contributed by atoms with van der Waals surface area (Å²) in [5.74, 6) is -1.65. The Labute approximate surface area is 127 Å². The molecule has 0 aliphatic heterocycles. The summed E-state index contributed by atoms with van der Waals surface area (Å²) in [7, 11) is 0. The molecule has 0 heterocycles. The number of rotatable bonds is 8. The second-order valence-electron chi connectivity index (χ2n) is 6.60. The van der Waals surface area contributed by atoms with E-state index in [1.165, 1.54) is 19.3 Å². The van der Waals surface area contributed by atoms with E-state index in [0.717, 1.165) is 19.3 Å². The number of carboxylic acids is 1. The standard InChI is InChI=1S/C17H27NO3/c1-3-4-5-6-7-11(2)18-16(19)14-12-8-9-13(10-12)15(14)17(20)21/h8-9,11-15H,3-7,10H2,1-2H3,(H,18,19)(H,20,21). The van der Waals surface area contributed by atoms with E-state index < -0.39 is 11.9 Å². The smallest absolute Gasteiger partial charge is 0.307 e. The fourth-order valence-corrected chi connectivity index (χ4v) is 3.80. The molecule has 2 bridgehead atoms. The van der Waals surface area contributed by atoms with Gasteiger partial charge in [-0.05, 0) is 31.6 Å². The van der Waals surface area contributed by atoms with Gasteiger partial charge in [-0.25, -0.2) is 0 Å². The van der Waals surface area contributed by atoms with Gasteiger partial charge < -0.3 is 10.4 Å². The first-order chi connectivity index (χ1) is 10.0. The predicted molar refractivity (Wildman–Crippen MR) is 81.7 cm³/mol. The maximum atomic E-state index is 12.4. The summed E-state index contributed by atoms with van der Waals surface area (Å²) in [6.45, 7) is 4.20. The molecule has 0 aromatic heterocycles. The molecule has 4 heteroatoms. The molecular formula is C17H27NO3. The molecule has 5 unspecified atom stereocenters. The number of allylic oxidation sites excluding steroid dienone is 2. The zero-order valence-corrected chi connectivity index (χ0v) is 13.0. The van der Waals surface area contributed by atoms with E-state index in [9.17, 15) is 14.7 Å². The number of unbranched alkanes of at least 4 members (excludes halogenated alkanes) is 3. The van der Waals surface area contributed by atoms with Crippen LogP contribution < -0.4 is 5.32 Å². The molecule has 1 saturated carbocycles. The number of aliphatic carboxylic acids is 1. The third kappa shape index (κ3) is 3.66. The van der Waals surface area contributed by atoms with Crippen LogP contribution >= 0.6 is 0 Å². The number of hydrogen-bond acceptors (Lipinski definition) is 2. The van der Waals surface area contributed by atoms with E-state index in [4.69, 9.17) is 0 Å². The van der Waals surface area contributed by atoms with Crippen LogP contribution in [0.2, 0.25) is 0 Å². The van der Waals surface area contributed by atoms with E-state index >= 15 is 0 Å². The van der Waals surface area contributed by atoms with Crippen LogP contribution in [0.25, 0.3) is 0 Å². The molecule has 21 heavy (non-hydrogen) atoms. The highest BCUT2D eigenvalue weighted by Gasteiger charge is 2.51. The monoisotopic (exact) mass is 293 g/mol. The second-order valence-corrected chi connectivity index (χ2v) is 6.60. The fourth-order valence-electron chi connectivity index (χ4n) is 3.80. The number of carbonyl (C=O) groups excluding carboxylic acids is 1. The zero-order valence-electron chi connectivity index (χ0n) is 13.0. The van der Waals surface area contributed by atoms with Gasteiger partial charge in [0.15, 0.2) is 0 Å². The minimum atomic E-state index is -0.831. The first-order valence-electron chi connectivity index (χ1n) is 8.26. The van der Waals surface area contributed by atoms with Gasteiger partial charge in [-0.1, -0.05) is 44.8 Å². The lowest BCUT2D eigenvalue weighted by Crippen LogP contribution is -2.43. The Bertz CT molecular complexity index is 418. The summed E-state index contributed by atoms with van der Waals surface area (Å²) in [6, 6.07) is 0.131. The van der Waals surface area contributed by atoms with Gasteiger partial charge in [-0.15, -0.1) is 0 Å². The number of carboxylic acid groups (broad SMARTS) is 1. The summed E-state index contributed by atoms with van der Waals surface area (Å²) in [5, 5.41) is 12.4. The molecular weight excluding hydrogens is 266 g/mol. The first-order valence-corrected chi connectivity index (χ1v) is 8.26. The van der Waals surface area contributed by atoms with Crippen LogP contribution in [0.4, 0.5) is 0 Å². The maximum Gasteiger partial charge on any atom is 0.307 e. The molecule has 0 spiro atoms. The van der Waals surface area contributed by atoms with E-state index in [1.807, 2.05) is 19.1 Å². The third-order valence-corrected chi connectivity index (χ3v) is 4.93. The minimum Gasteiger partial charge on any atom is -0.481 e. The van der Waals surface area contributed by atoms with Gasteiger partial charge in [-0.3, -0.25) is 9.59 Å². The summed E-state index contributed by atoms with van der Waals surface area (Å²) in [6.07, 6.45) is 10.6. The lowest BCUT2D eigenvalue weighted by Gasteiger charge is -2.25. The van der Waals surface area contributed by atoms with Crippen LogP contribution in [0, 0.1) is 23.7 Å². The largest absolute Gasteiger partial charge is 0.481 e. The van der Waals surface area contributed by atoms with Crippen molar-refractivity contribution in [2.75, 3.05) is 0 Å². The maximum absolute atomic E-state index is 12.4. The molecule has 118 valence electrons. The van der Waals surface area contributed by atoms with Crippen molar-refractivity contribution in [1.29, 1.82) is 0 Å². The topological polar surface area (TPSA) is 66.4 Å². The summed E-state index contributed by atoms with van der Waals surface area (Å²) < 4.78 is 0. The fraction of sp³-hybridized carbons (Fsp3) is 0.765. The minimum absolute atomic E-state index is 0.0445. The van der Waals surface area contributed by atoms with Crippen LogP contribution in [-0.4, -0.2) is 23.0 Å². The molecule has 0 radical (unpaired) electrons. The Morgan fingerprint density at radius 2 is 1.86 bits per heavy atom. The first kappa shape index (κ1) is 16.1. The highest BCUT2D eigenvalue weighted by atomic mass is 16.4. The quantitative estimate of drug-likeness (QED) is 0.534. The highest BCUT2D eigenvalue weighted by molar-refractivity contribution is 5.87. The molecule has 2 N–H and O–H groups in total. The van der Waals surface area contributed by atoms with Gasteiger partial charge in [0.2, 0.25) is 5.91 Å². The van der Waals surface area contributed by atoms with Crippen molar-refractivity contribution in [2.24, 2.45) is 23.7 Å². The van der Waals surface area contributed by atoms with Crippen LogP contribution in [0.5, 0.6) is 0 Å². The van der Waals surface area contributed by atoms with E-state index in [1.54, 1.807) is 0 Å². The van der Waals surface area contributed by atoms with Crippen molar-refractivity contribution < 1.29 is 14.7 Å². The van der Waals surface area contributed by atoms with Crippen LogP contribution in [0.3, 0.4) is 0 Å². The summed E-state index contributed by atoms with van der Waals surface area (Å²) in [4.78, 5) is 23.9. The van der Waals surface area contributed by atoms with Gasteiger partial charge in [0.1, 0.15) is 0 Å². The molecule has 2 aliphatic rings. The Balaban J connectivity index is 1.85. The molecule has 0 aromatic carbocycles. The van der Waals surface area contributed by atoms with Crippen LogP contribution in [0.1, 0.15) is 52.4 Å². The van der Waals surface area contributed by atoms with Gasteiger partial charge >= 0.3 is 5.97 Å². The van der Waals surface area contributed by atoms with Crippen molar-refractivity contribution >= 4 is 11.9 Å². The highest BCUT2D eigenvalue weighted by Crippen LogP contribution is 2.48. The number of hydrogen-bond donors (Lipinski definition) is 2. The molecule has 5 atom stereocenters. The molecule has 1 fully saturated rings. The normalized spacial score (nSPS) is 31.3. The van der Waals surface area contributed by atoms with Gasteiger partial charge in [-0.2, -0.15) is 0 Å². The predicted octanol–water partition coefficient (Wildman–Crippen LogP) is 2.98. The van der Waals surface area contributed by atoms with Crippen LogP contribution in [0.15, 0.2) is 12.2 Å². The summed E-state index contributed by atoms with van der Waals surface area (Å²) >= 11 is 0. The van der Waals surface area contributed by atoms with Crippen LogP contribution in [-0.2, 0) is 9.59 Å². The van der Waals surface area contributed by atoms with Gasteiger partial charge in [0.05, 0.1) is 11.8 Å². The molecule has 0 aromatic rings. The van der Waals surface area contributed by atoms with Crippen molar-refractivity contribution in [3.05, 3.63) is 12.2 Å². The third-order valence-electron chi connectivity index (χ3n) is 4.93. The van der Waals surface area contributed by atoms with E-state index in [2.05, 4.69) is 12.2 Å². The molecule has 2 rings (SSSR count). The lowest BCUT2D eigenvalue weighted by atomic mass is 9.82. The number of amides is 1. The Morgan fingerprint density at radius 1 is 1.19 bits per heavy atom. The average molecular weight is 293 g/mol. The molecule has 2 aliphatic carbocycles. The lowest BCUT2D eigenvalue weighted by molar-refractivity contribution is -0.148. The average Bonchev–Trinajstić information content (AvgIpc) is 3.03. The molecule has 0 saturated heterocycles. The summed E-state index contributed by atoms with van der Waals surface area (Å²) in [5.41, 5.74) is 0.